The second-order valence-electron chi connectivity index (χ2n) is 6.17. The zero-order chi connectivity index (χ0) is 14.5. The van der Waals surface area contributed by atoms with Gasteiger partial charge in [-0.15, -0.1) is 0 Å². The highest BCUT2D eigenvalue weighted by molar-refractivity contribution is 5.51. The summed E-state index contributed by atoms with van der Waals surface area (Å²) in [5.41, 5.74) is 2.39. The van der Waals surface area contributed by atoms with Crippen molar-refractivity contribution in [3.8, 4) is 5.69 Å². The Morgan fingerprint density at radius 1 is 1.24 bits per heavy atom. The Labute approximate surface area is 127 Å². The number of benzene rings is 1. The summed E-state index contributed by atoms with van der Waals surface area (Å²) >= 11 is 0. The molecule has 1 aromatic heterocycles. The third kappa shape index (κ3) is 3.66. The molecule has 0 saturated heterocycles. The van der Waals surface area contributed by atoms with Gasteiger partial charge < -0.3 is 9.88 Å². The first-order valence-corrected chi connectivity index (χ1v) is 8.20. The van der Waals surface area contributed by atoms with Crippen LogP contribution in [0.15, 0.2) is 43.0 Å². The van der Waals surface area contributed by atoms with Crippen LogP contribution in [0.1, 0.15) is 45.4 Å². The Kier molecular flexibility index (Phi) is 4.59. The van der Waals surface area contributed by atoms with E-state index in [1.54, 1.807) is 0 Å². The maximum atomic E-state index is 4.11. The van der Waals surface area contributed by atoms with Crippen molar-refractivity contribution in [2.75, 3.05) is 5.32 Å². The number of anilines is 1. The fraction of sp³-hybridized carbons (Fsp3) is 0.500. The third-order valence-corrected chi connectivity index (χ3v) is 4.56. The highest BCUT2D eigenvalue weighted by Gasteiger charge is 2.20. The van der Waals surface area contributed by atoms with E-state index in [1.165, 1.54) is 44.2 Å². The lowest BCUT2D eigenvalue weighted by molar-refractivity contribution is 0.319. The molecular weight excluding hydrogens is 258 g/mol. The van der Waals surface area contributed by atoms with Crippen LogP contribution in [0.5, 0.6) is 0 Å². The third-order valence-electron chi connectivity index (χ3n) is 4.56. The highest BCUT2D eigenvalue weighted by atomic mass is 15.0. The van der Waals surface area contributed by atoms with Crippen LogP contribution in [0.2, 0.25) is 0 Å². The van der Waals surface area contributed by atoms with Gasteiger partial charge in [-0.3, -0.25) is 0 Å². The summed E-state index contributed by atoms with van der Waals surface area (Å²) in [4.78, 5) is 4.11. The molecule has 0 atom stereocenters. The molecule has 1 aromatic carbocycles. The fourth-order valence-electron chi connectivity index (χ4n) is 3.41. The monoisotopic (exact) mass is 283 g/mol. The molecule has 1 aliphatic rings. The molecular formula is C18H25N3. The molecule has 0 spiro atoms. The summed E-state index contributed by atoms with van der Waals surface area (Å²) < 4.78 is 2.04. The lowest BCUT2D eigenvalue weighted by Crippen LogP contribution is -2.26. The van der Waals surface area contributed by atoms with Crippen LogP contribution in [-0.2, 0) is 0 Å². The molecule has 0 radical (unpaired) electrons. The number of nitrogens with one attached hydrogen (secondary N) is 1. The van der Waals surface area contributed by atoms with Crippen LogP contribution >= 0.6 is 0 Å². The molecule has 0 amide bonds. The normalized spacial score (nSPS) is 22.1. The van der Waals surface area contributed by atoms with E-state index in [4.69, 9.17) is 0 Å². The largest absolute Gasteiger partial charge is 0.382 e. The van der Waals surface area contributed by atoms with Crippen molar-refractivity contribution < 1.29 is 0 Å². The molecule has 1 heterocycles. The predicted molar refractivity (Wildman–Crippen MR) is 87.8 cm³/mol. The van der Waals surface area contributed by atoms with E-state index in [1.807, 2.05) is 23.3 Å². The minimum Gasteiger partial charge on any atom is -0.382 e. The van der Waals surface area contributed by atoms with E-state index < -0.39 is 0 Å². The molecule has 1 saturated carbocycles. The Balaban J connectivity index is 1.60. The zero-order valence-corrected chi connectivity index (χ0v) is 12.8. The molecule has 0 bridgehead atoms. The lowest BCUT2D eigenvalue weighted by Gasteiger charge is -2.29. The van der Waals surface area contributed by atoms with Gasteiger partial charge in [0.15, 0.2) is 0 Å². The van der Waals surface area contributed by atoms with Crippen molar-refractivity contribution in [2.45, 2.75) is 51.5 Å². The maximum Gasteiger partial charge on any atom is 0.0991 e. The summed E-state index contributed by atoms with van der Waals surface area (Å²) in [6.07, 6.45) is 13.7. The molecule has 3 nitrogen and oxygen atoms in total. The van der Waals surface area contributed by atoms with Crippen molar-refractivity contribution in [2.24, 2.45) is 5.92 Å². The van der Waals surface area contributed by atoms with Gasteiger partial charge in [-0.25, -0.2) is 4.98 Å². The van der Waals surface area contributed by atoms with Gasteiger partial charge in [0.05, 0.1) is 6.33 Å². The second-order valence-corrected chi connectivity index (χ2v) is 6.17. The summed E-state index contributed by atoms with van der Waals surface area (Å²) in [5.74, 6) is 0.963. The summed E-state index contributed by atoms with van der Waals surface area (Å²) in [6, 6.07) is 9.24. The van der Waals surface area contributed by atoms with Crippen molar-refractivity contribution in [3.63, 3.8) is 0 Å². The topological polar surface area (TPSA) is 29.9 Å². The number of hydrogen-bond acceptors (Lipinski definition) is 2. The molecule has 0 unspecified atom stereocenters. The van der Waals surface area contributed by atoms with Crippen LogP contribution in [0.25, 0.3) is 5.69 Å². The van der Waals surface area contributed by atoms with Gasteiger partial charge in [0.2, 0.25) is 0 Å². The molecule has 1 aliphatic carbocycles. The predicted octanol–water partition coefficient (Wildman–Crippen LogP) is 4.64. The smallest absolute Gasteiger partial charge is 0.0991 e. The van der Waals surface area contributed by atoms with E-state index in [2.05, 4.69) is 41.5 Å². The first-order valence-electron chi connectivity index (χ1n) is 8.20. The van der Waals surface area contributed by atoms with Gasteiger partial charge in [0.25, 0.3) is 0 Å². The number of imidazole rings is 1. The Morgan fingerprint density at radius 3 is 2.81 bits per heavy atom. The van der Waals surface area contributed by atoms with Crippen molar-refractivity contribution >= 4 is 5.69 Å². The Bertz CT molecular complexity index is 539. The van der Waals surface area contributed by atoms with Gasteiger partial charge in [-0.2, -0.15) is 0 Å². The van der Waals surface area contributed by atoms with Crippen LogP contribution < -0.4 is 5.32 Å². The van der Waals surface area contributed by atoms with E-state index in [-0.39, 0.29) is 0 Å². The average Bonchev–Trinajstić information content (AvgIpc) is 3.04. The van der Waals surface area contributed by atoms with E-state index in [0.29, 0.717) is 6.04 Å². The molecule has 3 heteroatoms. The van der Waals surface area contributed by atoms with Gasteiger partial charge >= 0.3 is 0 Å². The van der Waals surface area contributed by atoms with E-state index in [0.717, 1.165) is 11.6 Å². The standard InChI is InChI=1S/C18H25N3/c1-2-4-15-7-9-16(10-8-15)20-17-5-3-6-18(13-17)21-12-11-19-14-21/h3,5-6,11-16,20H,2,4,7-10H2,1H3. The van der Waals surface area contributed by atoms with Gasteiger partial charge in [-0.05, 0) is 49.8 Å². The highest BCUT2D eigenvalue weighted by Crippen LogP contribution is 2.29. The van der Waals surface area contributed by atoms with E-state index >= 15 is 0 Å². The van der Waals surface area contributed by atoms with Crippen molar-refractivity contribution in [1.82, 2.24) is 9.55 Å². The molecule has 2 aromatic rings. The molecule has 21 heavy (non-hydrogen) atoms. The molecule has 1 N–H and O–H groups in total. The number of hydrogen-bond donors (Lipinski definition) is 1. The summed E-state index contributed by atoms with van der Waals surface area (Å²) in [5, 5.41) is 3.71. The van der Waals surface area contributed by atoms with Gasteiger partial charge in [0.1, 0.15) is 0 Å². The van der Waals surface area contributed by atoms with Gasteiger partial charge in [0, 0.05) is 29.8 Å². The van der Waals surface area contributed by atoms with Gasteiger partial charge in [-0.1, -0.05) is 25.8 Å². The minimum absolute atomic E-state index is 0.635. The Morgan fingerprint density at radius 2 is 2.10 bits per heavy atom. The Hall–Kier alpha value is -1.77. The number of aromatic nitrogens is 2. The molecule has 0 aliphatic heterocycles. The maximum absolute atomic E-state index is 4.11. The molecule has 1 fully saturated rings. The van der Waals surface area contributed by atoms with Crippen LogP contribution in [0.4, 0.5) is 5.69 Å². The number of rotatable bonds is 5. The van der Waals surface area contributed by atoms with E-state index in [9.17, 15) is 0 Å². The first kappa shape index (κ1) is 14.2. The van der Waals surface area contributed by atoms with Crippen LogP contribution in [-0.4, -0.2) is 15.6 Å². The number of nitrogens with zero attached hydrogens (tertiary/aromatic N) is 2. The molecule has 3 rings (SSSR count). The summed E-state index contributed by atoms with van der Waals surface area (Å²) in [6.45, 7) is 2.30. The second kappa shape index (κ2) is 6.79. The fourth-order valence-corrected chi connectivity index (χ4v) is 3.41. The molecule has 112 valence electrons. The average molecular weight is 283 g/mol. The first-order chi connectivity index (χ1) is 10.3. The van der Waals surface area contributed by atoms with Crippen LogP contribution in [0, 0.1) is 5.92 Å². The minimum atomic E-state index is 0.635. The van der Waals surface area contributed by atoms with Crippen molar-refractivity contribution in [3.05, 3.63) is 43.0 Å². The van der Waals surface area contributed by atoms with Crippen molar-refractivity contribution in [1.29, 1.82) is 0 Å². The van der Waals surface area contributed by atoms with Crippen LogP contribution in [0.3, 0.4) is 0 Å². The zero-order valence-electron chi connectivity index (χ0n) is 12.8. The SMILES string of the molecule is CCCC1CCC(Nc2cccc(-n3ccnc3)c2)CC1. The summed E-state index contributed by atoms with van der Waals surface area (Å²) in [7, 11) is 0. The quantitative estimate of drug-likeness (QED) is 0.866. The lowest BCUT2D eigenvalue weighted by atomic mass is 9.83.